The van der Waals surface area contributed by atoms with Crippen LogP contribution in [-0.2, 0) is 0 Å². The molecule has 3 heteroatoms. The van der Waals surface area contributed by atoms with Gasteiger partial charge in [0, 0.05) is 9.79 Å². The molecule has 0 saturated carbocycles. The number of hydrogen-bond acceptors (Lipinski definition) is 3. The molecule has 0 heterocycles. The summed E-state index contributed by atoms with van der Waals surface area (Å²) < 4.78 is 5.73. The number of hydrogen-bond donors (Lipinski definition) is 1. The first kappa shape index (κ1) is 14.8. The molecule has 0 unspecified atom stereocenters. The summed E-state index contributed by atoms with van der Waals surface area (Å²) in [6.07, 6.45) is 0.124. The Labute approximate surface area is 125 Å². The van der Waals surface area contributed by atoms with Crippen molar-refractivity contribution in [1.82, 2.24) is 0 Å². The van der Waals surface area contributed by atoms with E-state index >= 15 is 0 Å². The minimum absolute atomic E-state index is 0.124. The zero-order valence-electron chi connectivity index (χ0n) is 12.4. The van der Waals surface area contributed by atoms with E-state index in [9.17, 15) is 0 Å². The van der Waals surface area contributed by atoms with Crippen molar-refractivity contribution in [2.24, 2.45) is 0 Å². The molecule has 0 spiro atoms. The number of rotatable bonds is 4. The second-order valence-corrected chi connectivity index (χ2v) is 6.35. The third-order valence-electron chi connectivity index (χ3n) is 2.91. The van der Waals surface area contributed by atoms with Crippen LogP contribution in [0.5, 0.6) is 5.75 Å². The fourth-order valence-corrected chi connectivity index (χ4v) is 2.89. The molecular weight excluding hydrogens is 266 g/mol. The van der Waals surface area contributed by atoms with E-state index in [-0.39, 0.29) is 6.10 Å². The quantitative estimate of drug-likeness (QED) is 0.818. The van der Waals surface area contributed by atoms with E-state index in [1.165, 1.54) is 16.0 Å². The van der Waals surface area contributed by atoms with Crippen molar-refractivity contribution in [2.75, 3.05) is 5.73 Å². The summed E-state index contributed by atoms with van der Waals surface area (Å²) in [4.78, 5) is 2.40. The fourth-order valence-electron chi connectivity index (χ4n) is 1.97. The van der Waals surface area contributed by atoms with Gasteiger partial charge in [-0.25, -0.2) is 0 Å². The van der Waals surface area contributed by atoms with E-state index in [0.29, 0.717) is 5.69 Å². The molecule has 2 nitrogen and oxygen atoms in total. The molecule has 0 bridgehead atoms. The molecular formula is C17H21NOS. The Bertz CT molecular complexity index is 608. The Hall–Kier alpha value is -1.61. The van der Waals surface area contributed by atoms with Gasteiger partial charge < -0.3 is 10.5 Å². The summed E-state index contributed by atoms with van der Waals surface area (Å²) in [6.45, 7) is 8.25. The maximum Gasteiger partial charge on any atom is 0.143 e. The van der Waals surface area contributed by atoms with Gasteiger partial charge in [0.25, 0.3) is 0 Å². The van der Waals surface area contributed by atoms with Crippen LogP contribution in [0.1, 0.15) is 25.0 Å². The Morgan fingerprint density at radius 1 is 1.05 bits per heavy atom. The number of nitrogen functional groups attached to an aromatic ring is 1. The molecule has 0 radical (unpaired) electrons. The molecule has 0 aliphatic carbocycles. The lowest BCUT2D eigenvalue weighted by Crippen LogP contribution is -2.07. The Balaban J connectivity index is 2.25. The summed E-state index contributed by atoms with van der Waals surface area (Å²) >= 11 is 1.74. The predicted molar refractivity (Wildman–Crippen MR) is 86.7 cm³/mol. The van der Waals surface area contributed by atoms with Crippen LogP contribution in [0.15, 0.2) is 46.2 Å². The molecule has 2 aromatic rings. The van der Waals surface area contributed by atoms with Crippen LogP contribution in [-0.4, -0.2) is 6.10 Å². The number of aryl methyl sites for hydroxylation is 2. The van der Waals surface area contributed by atoms with Crippen LogP contribution < -0.4 is 10.5 Å². The number of ether oxygens (including phenoxy) is 1. The molecule has 2 aromatic carbocycles. The maximum atomic E-state index is 5.95. The van der Waals surface area contributed by atoms with Crippen molar-refractivity contribution in [3.8, 4) is 5.75 Å². The largest absolute Gasteiger partial charge is 0.489 e. The van der Waals surface area contributed by atoms with E-state index in [4.69, 9.17) is 10.5 Å². The molecule has 0 fully saturated rings. The Kier molecular flexibility index (Phi) is 4.61. The first-order valence-electron chi connectivity index (χ1n) is 6.77. The van der Waals surface area contributed by atoms with E-state index in [1.54, 1.807) is 11.8 Å². The number of nitrogens with two attached hydrogens (primary N) is 1. The Morgan fingerprint density at radius 3 is 2.45 bits per heavy atom. The molecule has 0 aromatic heterocycles. The smallest absolute Gasteiger partial charge is 0.143 e. The zero-order chi connectivity index (χ0) is 14.7. The standard InChI is InChI=1S/C17H21NOS/c1-11(2)19-16-10-14(6-7-15(16)18)20-17-8-5-12(3)9-13(17)4/h5-11H,18H2,1-4H3. The lowest BCUT2D eigenvalue weighted by atomic mass is 10.2. The summed E-state index contributed by atoms with van der Waals surface area (Å²) in [7, 11) is 0. The molecule has 20 heavy (non-hydrogen) atoms. The lowest BCUT2D eigenvalue weighted by Gasteiger charge is -2.14. The van der Waals surface area contributed by atoms with Crippen LogP contribution in [0.25, 0.3) is 0 Å². The van der Waals surface area contributed by atoms with E-state index in [1.807, 2.05) is 32.0 Å². The van der Waals surface area contributed by atoms with Crippen molar-refractivity contribution in [2.45, 2.75) is 43.6 Å². The van der Waals surface area contributed by atoms with E-state index in [2.05, 4.69) is 32.0 Å². The zero-order valence-corrected chi connectivity index (χ0v) is 13.3. The third kappa shape index (κ3) is 3.70. The van der Waals surface area contributed by atoms with E-state index < -0.39 is 0 Å². The van der Waals surface area contributed by atoms with Gasteiger partial charge in [0.15, 0.2) is 0 Å². The highest BCUT2D eigenvalue weighted by Crippen LogP contribution is 2.35. The molecule has 106 valence electrons. The molecule has 0 saturated heterocycles. The van der Waals surface area contributed by atoms with Crippen LogP contribution in [0.3, 0.4) is 0 Å². The van der Waals surface area contributed by atoms with Crippen LogP contribution in [0.4, 0.5) is 5.69 Å². The summed E-state index contributed by atoms with van der Waals surface area (Å²) in [6, 6.07) is 12.5. The molecule has 2 rings (SSSR count). The van der Waals surface area contributed by atoms with Crippen molar-refractivity contribution < 1.29 is 4.74 Å². The fraction of sp³-hybridized carbons (Fsp3) is 0.294. The second-order valence-electron chi connectivity index (χ2n) is 5.24. The highest BCUT2D eigenvalue weighted by Gasteiger charge is 2.07. The molecule has 0 amide bonds. The van der Waals surface area contributed by atoms with Crippen LogP contribution >= 0.6 is 11.8 Å². The lowest BCUT2D eigenvalue weighted by molar-refractivity contribution is 0.243. The summed E-state index contributed by atoms with van der Waals surface area (Å²) in [5.41, 5.74) is 9.21. The number of anilines is 1. The average molecular weight is 287 g/mol. The van der Waals surface area contributed by atoms with Gasteiger partial charge in [0.1, 0.15) is 5.75 Å². The van der Waals surface area contributed by atoms with Gasteiger partial charge in [-0.1, -0.05) is 29.5 Å². The van der Waals surface area contributed by atoms with Crippen molar-refractivity contribution in [3.05, 3.63) is 47.5 Å². The second kappa shape index (κ2) is 6.23. The van der Waals surface area contributed by atoms with Gasteiger partial charge >= 0.3 is 0 Å². The normalized spacial score (nSPS) is 10.8. The van der Waals surface area contributed by atoms with Gasteiger partial charge in [-0.05, 0) is 57.5 Å². The molecule has 0 aliphatic heterocycles. The van der Waals surface area contributed by atoms with Gasteiger partial charge in [0.2, 0.25) is 0 Å². The monoisotopic (exact) mass is 287 g/mol. The average Bonchev–Trinajstić information content (AvgIpc) is 2.36. The topological polar surface area (TPSA) is 35.2 Å². The van der Waals surface area contributed by atoms with Crippen molar-refractivity contribution in [3.63, 3.8) is 0 Å². The minimum Gasteiger partial charge on any atom is -0.489 e. The van der Waals surface area contributed by atoms with E-state index in [0.717, 1.165) is 10.6 Å². The number of benzene rings is 2. The summed E-state index contributed by atoms with van der Waals surface area (Å²) in [5, 5.41) is 0. The maximum absolute atomic E-state index is 5.95. The van der Waals surface area contributed by atoms with Crippen LogP contribution in [0.2, 0.25) is 0 Å². The highest BCUT2D eigenvalue weighted by molar-refractivity contribution is 7.99. The SMILES string of the molecule is Cc1ccc(Sc2ccc(N)c(OC(C)C)c2)c(C)c1. The van der Waals surface area contributed by atoms with Gasteiger partial charge in [-0.2, -0.15) is 0 Å². The molecule has 0 atom stereocenters. The molecule has 0 aliphatic rings. The van der Waals surface area contributed by atoms with Gasteiger partial charge in [-0.3, -0.25) is 0 Å². The first-order valence-corrected chi connectivity index (χ1v) is 7.58. The summed E-state index contributed by atoms with van der Waals surface area (Å²) in [5.74, 6) is 0.759. The van der Waals surface area contributed by atoms with Gasteiger partial charge in [-0.15, -0.1) is 0 Å². The third-order valence-corrected chi connectivity index (χ3v) is 4.07. The molecule has 2 N–H and O–H groups in total. The Morgan fingerprint density at radius 2 is 1.80 bits per heavy atom. The van der Waals surface area contributed by atoms with Crippen LogP contribution in [0, 0.1) is 13.8 Å². The first-order chi connectivity index (χ1) is 9.45. The highest BCUT2D eigenvalue weighted by atomic mass is 32.2. The predicted octanol–water partition coefficient (Wildman–Crippen LogP) is 4.82. The van der Waals surface area contributed by atoms with Gasteiger partial charge in [0.05, 0.1) is 11.8 Å². The van der Waals surface area contributed by atoms with Crippen molar-refractivity contribution >= 4 is 17.4 Å². The van der Waals surface area contributed by atoms with Crippen molar-refractivity contribution in [1.29, 1.82) is 0 Å². The minimum atomic E-state index is 0.124.